The van der Waals surface area contributed by atoms with Gasteiger partial charge in [0.2, 0.25) is 15.9 Å². The zero-order valence-corrected chi connectivity index (χ0v) is 7.67. The minimum absolute atomic E-state index is 0.229. The molecule has 0 bridgehead atoms. The third-order valence-corrected chi connectivity index (χ3v) is 2.73. The fourth-order valence-electron chi connectivity index (χ4n) is 0.963. The molecule has 1 saturated heterocycles. The quantitative estimate of drug-likeness (QED) is 0.536. The first-order chi connectivity index (χ1) is 5.82. The summed E-state index contributed by atoms with van der Waals surface area (Å²) < 4.78 is 22.4. The monoisotopic (exact) mass is 207 g/mol. The predicted octanol–water partition coefficient (Wildman–Crippen LogP) is -2.17. The molecular formula is C5H9N3O4S. The Morgan fingerprint density at radius 1 is 1.69 bits per heavy atom. The van der Waals surface area contributed by atoms with Gasteiger partial charge in [-0.2, -0.15) is 0 Å². The second kappa shape index (κ2) is 2.87. The van der Waals surface area contributed by atoms with Gasteiger partial charge in [-0.25, -0.2) is 17.5 Å². The first-order valence-corrected chi connectivity index (χ1v) is 5.24. The summed E-state index contributed by atoms with van der Waals surface area (Å²) in [5.74, 6) is -0.750. The number of hydrogen-bond acceptors (Lipinski definition) is 4. The van der Waals surface area contributed by atoms with Gasteiger partial charge in [0, 0.05) is 0 Å². The Labute approximate surface area is 74.9 Å². The molecule has 1 aliphatic heterocycles. The minimum atomic E-state index is -3.60. The summed E-state index contributed by atoms with van der Waals surface area (Å²) in [6, 6.07) is -1.74. The molecular weight excluding hydrogens is 198 g/mol. The van der Waals surface area contributed by atoms with E-state index in [0.29, 0.717) is 4.31 Å². The topological polar surface area (TPSA) is 110 Å². The molecule has 74 valence electrons. The van der Waals surface area contributed by atoms with Crippen LogP contribution >= 0.6 is 0 Å². The van der Waals surface area contributed by atoms with Gasteiger partial charge >= 0.3 is 6.03 Å². The molecule has 13 heavy (non-hydrogen) atoms. The molecule has 8 heteroatoms. The summed E-state index contributed by atoms with van der Waals surface area (Å²) in [5.41, 5.74) is 4.89. The highest BCUT2D eigenvalue weighted by Gasteiger charge is 2.37. The van der Waals surface area contributed by atoms with Gasteiger partial charge < -0.3 is 11.1 Å². The molecule has 0 spiro atoms. The van der Waals surface area contributed by atoms with E-state index in [-0.39, 0.29) is 6.54 Å². The van der Waals surface area contributed by atoms with Crippen LogP contribution in [0.15, 0.2) is 0 Å². The van der Waals surface area contributed by atoms with E-state index >= 15 is 0 Å². The summed E-state index contributed by atoms with van der Waals surface area (Å²) >= 11 is 0. The van der Waals surface area contributed by atoms with Crippen molar-refractivity contribution in [3.63, 3.8) is 0 Å². The number of sulfonamides is 1. The smallest absolute Gasteiger partial charge is 0.331 e. The van der Waals surface area contributed by atoms with Crippen LogP contribution in [0.1, 0.15) is 0 Å². The number of nitrogens with zero attached hydrogens (tertiary/aromatic N) is 1. The Hall–Kier alpha value is -1.31. The van der Waals surface area contributed by atoms with E-state index in [9.17, 15) is 18.0 Å². The van der Waals surface area contributed by atoms with Gasteiger partial charge in [-0.15, -0.1) is 0 Å². The molecule has 1 aliphatic rings. The van der Waals surface area contributed by atoms with Crippen LogP contribution < -0.4 is 11.1 Å². The maximum atomic E-state index is 11.0. The number of urea groups is 1. The molecule has 1 heterocycles. The van der Waals surface area contributed by atoms with E-state index < -0.39 is 28.0 Å². The minimum Gasteiger partial charge on any atom is -0.368 e. The van der Waals surface area contributed by atoms with E-state index in [2.05, 4.69) is 5.32 Å². The molecule has 1 fully saturated rings. The van der Waals surface area contributed by atoms with E-state index in [1.54, 1.807) is 0 Å². The number of amides is 3. The van der Waals surface area contributed by atoms with Gasteiger partial charge in [-0.3, -0.25) is 4.79 Å². The number of nitrogens with two attached hydrogens (primary N) is 1. The van der Waals surface area contributed by atoms with E-state index in [1.807, 2.05) is 0 Å². The van der Waals surface area contributed by atoms with E-state index in [0.717, 1.165) is 6.26 Å². The highest BCUT2D eigenvalue weighted by atomic mass is 32.2. The molecule has 7 nitrogen and oxygen atoms in total. The van der Waals surface area contributed by atoms with Crippen LogP contribution in [0.2, 0.25) is 0 Å². The highest BCUT2D eigenvalue weighted by Crippen LogP contribution is 2.07. The van der Waals surface area contributed by atoms with Crippen molar-refractivity contribution in [2.24, 2.45) is 5.73 Å². The Kier molecular flexibility index (Phi) is 2.16. The average molecular weight is 207 g/mol. The van der Waals surface area contributed by atoms with Crippen molar-refractivity contribution < 1.29 is 18.0 Å². The number of nitrogens with one attached hydrogen (secondary N) is 1. The molecule has 0 saturated carbocycles. The van der Waals surface area contributed by atoms with Gasteiger partial charge in [-0.1, -0.05) is 0 Å². The lowest BCUT2D eigenvalue weighted by molar-refractivity contribution is -0.119. The lowest BCUT2D eigenvalue weighted by Gasteiger charge is -2.09. The van der Waals surface area contributed by atoms with Crippen LogP contribution in [0.4, 0.5) is 4.79 Å². The van der Waals surface area contributed by atoms with Gasteiger partial charge in [0.25, 0.3) is 0 Å². The van der Waals surface area contributed by atoms with Crippen molar-refractivity contribution in [1.82, 2.24) is 9.62 Å². The van der Waals surface area contributed by atoms with Crippen LogP contribution in [-0.2, 0) is 14.8 Å². The van der Waals surface area contributed by atoms with Crippen LogP contribution in [0, 0.1) is 0 Å². The molecule has 0 aromatic carbocycles. The zero-order valence-electron chi connectivity index (χ0n) is 6.85. The first-order valence-electron chi connectivity index (χ1n) is 3.40. The maximum absolute atomic E-state index is 11.0. The summed E-state index contributed by atoms with van der Waals surface area (Å²) in [4.78, 5) is 21.6. The van der Waals surface area contributed by atoms with Crippen LogP contribution in [-0.4, -0.2) is 43.5 Å². The number of hydrogen-bond donors (Lipinski definition) is 2. The fraction of sp³-hybridized carbons (Fsp3) is 0.600. The van der Waals surface area contributed by atoms with Crippen molar-refractivity contribution in [3.05, 3.63) is 0 Å². The summed E-state index contributed by atoms with van der Waals surface area (Å²) in [6.07, 6.45) is 0.885. The molecule has 1 rings (SSSR count). The van der Waals surface area contributed by atoms with Gasteiger partial charge in [0.1, 0.15) is 6.04 Å². The molecule has 3 amide bonds. The summed E-state index contributed by atoms with van der Waals surface area (Å²) in [7, 11) is -3.60. The molecule has 0 aliphatic carbocycles. The lowest BCUT2D eigenvalue weighted by Crippen LogP contribution is -2.39. The Balaban J connectivity index is 2.85. The Morgan fingerprint density at radius 2 is 2.23 bits per heavy atom. The van der Waals surface area contributed by atoms with Crippen molar-refractivity contribution in [2.45, 2.75) is 6.04 Å². The van der Waals surface area contributed by atoms with Crippen LogP contribution in [0.25, 0.3) is 0 Å². The van der Waals surface area contributed by atoms with Gasteiger partial charge in [0.15, 0.2) is 0 Å². The zero-order chi connectivity index (χ0) is 10.2. The highest BCUT2D eigenvalue weighted by molar-refractivity contribution is 7.88. The molecule has 0 aromatic heterocycles. The second-order valence-electron chi connectivity index (χ2n) is 2.70. The molecule has 3 N–H and O–H groups in total. The third-order valence-electron chi connectivity index (χ3n) is 1.62. The van der Waals surface area contributed by atoms with Gasteiger partial charge in [0.05, 0.1) is 12.8 Å². The summed E-state index contributed by atoms with van der Waals surface area (Å²) in [5, 5.41) is 2.14. The Morgan fingerprint density at radius 3 is 2.46 bits per heavy atom. The predicted molar refractivity (Wildman–Crippen MR) is 43.1 cm³/mol. The molecule has 1 atom stereocenters. The lowest BCUT2D eigenvalue weighted by atomic mass is 10.3. The molecule has 0 radical (unpaired) electrons. The fourth-order valence-corrected chi connectivity index (χ4v) is 1.74. The van der Waals surface area contributed by atoms with Crippen LogP contribution in [0.3, 0.4) is 0 Å². The largest absolute Gasteiger partial charge is 0.368 e. The number of carbonyl (C=O) groups is 2. The SMILES string of the molecule is CS(=O)(=O)N1CC(C(N)=O)NC1=O. The number of rotatable bonds is 2. The Bertz CT molecular complexity index is 349. The van der Waals surface area contributed by atoms with Crippen molar-refractivity contribution >= 4 is 22.0 Å². The van der Waals surface area contributed by atoms with Crippen LogP contribution in [0.5, 0.6) is 0 Å². The van der Waals surface area contributed by atoms with Gasteiger partial charge in [-0.05, 0) is 0 Å². The summed E-state index contributed by atoms with van der Waals surface area (Å²) in [6.45, 7) is -0.229. The second-order valence-corrected chi connectivity index (χ2v) is 4.61. The normalized spacial score (nSPS) is 23.0. The first kappa shape index (κ1) is 9.78. The number of carbonyl (C=O) groups excluding carboxylic acids is 2. The maximum Gasteiger partial charge on any atom is 0.331 e. The number of primary amides is 1. The van der Waals surface area contributed by atoms with Crippen molar-refractivity contribution in [3.8, 4) is 0 Å². The standard InChI is InChI=1S/C5H9N3O4S/c1-13(11,12)8-2-3(4(6)9)7-5(8)10/h3H,2H2,1H3,(H2,6,9)(H,7,10). The molecule has 0 aromatic rings. The van der Waals surface area contributed by atoms with E-state index in [4.69, 9.17) is 5.73 Å². The van der Waals surface area contributed by atoms with Crippen molar-refractivity contribution in [1.29, 1.82) is 0 Å². The van der Waals surface area contributed by atoms with Crippen molar-refractivity contribution in [2.75, 3.05) is 12.8 Å². The average Bonchev–Trinajstić information content (AvgIpc) is 2.29. The third kappa shape index (κ3) is 1.89. The van der Waals surface area contributed by atoms with E-state index in [1.165, 1.54) is 0 Å². The molecule has 1 unspecified atom stereocenters.